The highest BCUT2D eigenvalue weighted by Crippen LogP contribution is 2.21. The summed E-state index contributed by atoms with van der Waals surface area (Å²) in [5, 5.41) is 3.08. The van der Waals surface area contributed by atoms with Crippen molar-refractivity contribution in [3.8, 4) is 0 Å². The largest absolute Gasteiger partial charge is 0.370 e. The monoisotopic (exact) mass is 213 g/mol. The number of hydrogen-bond acceptors (Lipinski definition) is 1. The Morgan fingerprint density at radius 1 is 1.27 bits per heavy atom. The van der Waals surface area contributed by atoms with Crippen molar-refractivity contribution in [2.45, 2.75) is 59.9 Å². The lowest BCUT2D eigenvalue weighted by atomic mass is 9.90. The quantitative estimate of drug-likeness (QED) is 0.419. The van der Waals surface area contributed by atoms with Crippen molar-refractivity contribution in [2.24, 2.45) is 16.1 Å². The van der Waals surface area contributed by atoms with E-state index in [1.165, 1.54) is 12.8 Å². The van der Waals surface area contributed by atoms with Crippen LogP contribution < -0.4 is 11.1 Å². The Labute approximate surface area is 94.5 Å². The second-order valence-corrected chi connectivity index (χ2v) is 5.58. The van der Waals surface area contributed by atoms with Gasteiger partial charge in [-0.2, -0.15) is 0 Å². The lowest BCUT2D eigenvalue weighted by molar-refractivity contribution is 0.361. The summed E-state index contributed by atoms with van der Waals surface area (Å²) in [6.07, 6.45) is 3.60. The summed E-state index contributed by atoms with van der Waals surface area (Å²) >= 11 is 0. The fourth-order valence-electron chi connectivity index (χ4n) is 1.31. The third-order valence-corrected chi connectivity index (χ3v) is 2.05. The maximum atomic E-state index is 5.68. The molecule has 0 bridgehead atoms. The molecule has 0 heterocycles. The van der Waals surface area contributed by atoms with Gasteiger partial charge in [0.2, 0.25) is 0 Å². The highest BCUT2D eigenvalue weighted by Gasteiger charge is 2.08. The van der Waals surface area contributed by atoms with E-state index in [1.807, 2.05) is 0 Å². The Hall–Kier alpha value is -0.730. The van der Waals surface area contributed by atoms with E-state index < -0.39 is 0 Å². The van der Waals surface area contributed by atoms with Gasteiger partial charge in [0.25, 0.3) is 0 Å². The van der Waals surface area contributed by atoms with Crippen LogP contribution in [-0.2, 0) is 0 Å². The second kappa shape index (κ2) is 6.70. The minimum Gasteiger partial charge on any atom is -0.370 e. The fraction of sp³-hybridized carbons (Fsp3) is 0.917. The van der Waals surface area contributed by atoms with Gasteiger partial charge in [-0.3, -0.25) is 4.99 Å². The topological polar surface area (TPSA) is 50.4 Å². The van der Waals surface area contributed by atoms with Crippen LogP contribution in [0.25, 0.3) is 0 Å². The lowest BCUT2D eigenvalue weighted by Crippen LogP contribution is -2.36. The van der Waals surface area contributed by atoms with Gasteiger partial charge in [0, 0.05) is 12.6 Å². The smallest absolute Gasteiger partial charge is 0.188 e. The Bertz CT molecular complexity index is 190. The minimum atomic E-state index is 0.364. The van der Waals surface area contributed by atoms with Crippen LogP contribution in [0.2, 0.25) is 0 Å². The van der Waals surface area contributed by atoms with Crippen molar-refractivity contribution < 1.29 is 0 Å². The molecule has 0 aliphatic rings. The SMILES string of the molecule is CC(C)NC(N)=NCCCCC(C)(C)C. The summed E-state index contributed by atoms with van der Waals surface area (Å²) in [7, 11) is 0. The zero-order valence-corrected chi connectivity index (χ0v) is 10.9. The first kappa shape index (κ1) is 14.3. The van der Waals surface area contributed by atoms with Crippen molar-refractivity contribution in [1.29, 1.82) is 0 Å². The first-order valence-corrected chi connectivity index (χ1v) is 5.88. The molecule has 0 aromatic rings. The van der Waals surface area contributed by atoms with Gasteiger partial charge >= 0.3 is 0 Å². The minimum absolute atomic E-state index is 0.364. The lowest BCUT2D eigenvalue weighted by Gasteiger charge is -2.17. The highest BCUT2D eigenvalue weighted by molar-refractivity contribution is 5.77. The Kier molecular flexibility index (Phi) is 6.37. The van der Waals surface area contributed by atoms with Gasteiger partial charge < -0.3 is 11.1 Å². The van der Waals surface area contributed by atoms with E-state index in [9.17, 15) is 0 Å². The third-order valence-electron chi connectivity index (χ3n) is 2.05. The molecule has 0 radical (unpaired) electrons. The van der Waals surface area contributed by atoms with Crippen LogP contribution in [0.1, 0.15) is 53.9 Å². The molecule has 0 saturated heterocycles. The number of aliphatic imine (C=N–C) groups is 1. The van der Waals surface area contributed by atoms with Gasteiger partial charge in [-0.25, -0.2) is 0 Å². The molecule has 0 unspecified atom stereocenters. The molecule has 0 saturated carbocycles. The predicted octanol–water partition coefficient (Wildman–Crippen LogP) is 2.52. The highest BCUT2D eigenvalue weighted by atomic mass is 15.1. The molecule has 15 heavy (non-hydrogen) atoms. The van der Waals surface area contributed by atoms with E-state index in [0.29, 0.717) is 17.4 Å². The molecule has 0 aromatic carbocycles. The maximum absolute atomic E-state index is 5.68. The molecule has 3 N–H and O–H groups in total. The van der Waals surface area contributed by atoms with E-state index in [1.54, 1.807) is 0 Å². The summed E-state index contributed by atoms with van der Waals surface area (Å²) in [4.78, 5) is 4.27. The van der Waals surface area contributed by atoms with Crippen LogP contribution in [0.3, 0.4) is 0 Å². The average Bonchev–Trinajstić information content (AvgIpc) is 1.99. The van der Waals surface area contributed by atoms with Crippen molar-refractivity contribution in [3.63, 3.8) is 0 Å². The summed E-state index contributed by atoms with van der Waals surface area (Å²) in [6, 6.07) is 0.364. The molecule has 0 aliphatic heterocycles. The number of unbranched alkanes of at least 4 members (excludes halogenated alkanes) is 1. The van der Waals surface area contributed by atoms with Gasteiger partial charge in [-0.15, -0.1) is 0 Å². The average molecular weight is 213 g/mol. The zero-order valence-electron chi connectivity index (χ0n) is 10.9. The second-order valence-electron chi connectivity index (χ2n) is 5.58. The molecular weight excluding hydrogens is 186 g/mol. The van der Waals surface area contributed by atoms with E-state index in [-0.39, 0.29) is 0 Å². The molecule has 0 spiro atoms. The maximum Gasteiger partial charge on any atom is 0.188 e. The van der Waals surface area contributed by atoms with Crippen LogP contribution in [0.5, 0.6) is 0 Å². The van der Waals surface area contributed by atoms with Crippen molar-refractivity contribution in [1.82, 2.24) is 5.32 Å². The zero-order chi connectivity index (χ0) is 11.9. The molecule has 0 amide bonds. The van der Waals surface area contributed by atoms with Gasteiger partial charge in [0.05, 0.1) is 0 Å². The normalized spacial score (nSPS) is 13.3. The van der Waals surface area contributed by atoms with Gasteiger partial charge in [0.15, 0.2) is 5.96 Å². The van der Waals surface area contributed by atoms with Crippen molar-refractivity contribution in [2.75, 3.05) is 6.54 Å². The number of nitrogens with zero attached hydrogens (tertiary/aromatic N) is 1. The van der Waals surface area contributed by atoms with Gasteiger partial charge in [0.1, 0.15) is 0 Å². The summed E-state index contributed by atoms with van der Waals surface area (Å²) < 4.78 is 0. The van der Waals surface area contributed by atoms with E-state index in [2.05, 4.69) is 44.9 Å². The standard InChI is InChI=1S/C12H27N3/c1-10(2)15-11(13)14-9-7-6-8-12(3,4)5/h10H,6-9H2,1-5H3,(H3,13,14,15). The van der Waals surface area contributed by atoms with Crippen LogP contribution in [0.4, 0.5) is 0 Å². The molecule has 90 valence electrons. The summed E-state index contributed by atoms with van der Waals surface area (Å²) in [6.45, 7) is 11.8. The van der Waals surface area contributed by atoms with Crippen LogP contribution in [0, 0.1) is 5.41 Å². The number of nitrogens with one attached hydrogen (secondary N) is 1. The van der Waals surface area contributed by atoms with Crippen molar-refractivity contribution in [3.05, 3.63) is 0 Å². The van der Waals surface area contributed by atoms with Crippen LogP contribution >= 0.6 is 0 Å². The predicted molar refractivity (Wildman–Crippen MR) is 68.1 cm³/mol. The van der Waals surface area contributed by atoms with Gasteiger partial charge in [-0.1, -0.05) is 27.2 Å². The van der Waals surface area contributed by atoms with E-state index in [0.717, 1.165) is 13.0 Å². The fourth-order valence-corrected chi connectivity index (χ4v) is 1.31. The van der Waals surface area contributed by atoms with Crippen LogP contribution in [0.15, 0.2) is 4.99 Å². The first-order valence-electron chi connectivity index (χ1n) is 5.88. The molecule has 0 rings (SSSR count). The third kappa shape index (κ3) is 11.2. The Balaban J connectivity index is 3.53. The molecular formula is C12H27N3. The number of hydrogen-bond donors (Lipinski definition) is 2. The number of rotatable bonds is 5. The Morgan fingerprint density at radius 2 is 1.87 bits per heavy atom. The number of guanidine groups is 1. The van der Waals surface area contributed by atoms with E-state index >= 15 is 0 Å². The summed E-state index contributed by atoms with van der Waals surface area (Å²) in [5.41, 5.74) is 6.12. The molecule has 0 fully saturated rings. The van der Waals surface area contributed by atoms with Crippen LogP contribution in [-0.4, -0.2) is 18.5 Å². The molecule has 0 aliphatic carbocycles. The summed E-state index contributed by atoms with van der Waals surface area (Å²) in [5.74, 6) is 0.570. The molecule has 3 nitrogen and oxygen atoms in total. The first-order chi connectivity index (χ1) is 6.81. The van der Waals surface area contributed by atoms with Gasteiger partial charge in [-0.05, 0) is 32.1 Å². The Morgan fingerprint density at radius 3 is 2.33 bits per heavy atom. The number of nitrogens with two attached hydrogens (primary N) is 1. The molecule has 0 aromatic heterocycles. The van der Waals surface area contributed by atoms with E-state index in [4.69, 9.17) is 5.73 Å². The molecule has 3 heteroatoms. The molecule has 0 atom stereocenters. The van der Waals surface area contributed by atoms with Crippen molar-refractivity contribution >= 4 is 5.96 Å².